The number of esters is 1. The SMILES string of the molecule is Cc1cc(C)cc([I+]c2ccc(OCCC(=O)OC(C)(O)C3CCC4OC4(C)C3)cc2)c1. The summed E-state index contributed by atoms with van der Waals surface area (Å²) >= 11 is -0.235. The molecule has 1 saturated heterocycles. The Labute approximate surface area is 200 Å². The normalized spacial score (nSPS) is 26.0. The van der Waals surface area contributed by atoms with Crippen molar-refractivity contribution in [2.24, 2.45) is 5.92 Å². The number of carbonyl (C=O) groups excluding carboxylic acids is 1. The van der Waals surface area contributed by atoms with Crippen molar-refractivity contribution in [2.75, 3.05) is 6.61 Å². The van der Waals surface area contributed by atoms with Crippen LogP contribution in [-0.4, -0.2) is 35.2 Å². The predicted octanol–water partition coefficient (Wildman–Crippen LogP) is 1.41. The zero-order valence-electron chi connectivity index (χ0n) is 19.2. The van der Waals surface area contributed by atoms with Gasteiger partial charge in [-0.25, -0.2) is 0 Å². The summed E-state index contributed by atoms with van der Waals surface area (Å²) in [6.45, 7) is 8.13. The van der Waals surface area contributed by atoms with Crippen LogP contribution in [0.2, 0.25) is 0 Å². The van der Waals surface area contributed by atoms with E-state index in [1.54, 1.807) is 6.92 Å². The molecule has 5 nitrogen and oxygen atoms in total. The van der Waals surface area contributed by atoms with E-state index in [4.69, 9.17) is 14.2 Å². The lowest BCUT2D eigenvalue weighted by atomic mass is 9.78. The molecule has 1 N–H and O–H groups in total. The van der Waals surface area contributed by atoms with Crippen molar-refractivity contribution in [3.63, 3.8) is 0 Å². The lowest BCUT2D eigenvalue weighted by molar-refractivity contribution is -0.597. The van der Waals surface area contributed by atoms with Crippen molar-refractivity contribution in [1.82, 2.24) is 0 Å². The molecular weight excluding hydrogens is 519 g/mol. The van der Waals surface area contributed by atoms with Gasteiger partial charge in [0.25, 0.3) is 0 Å². The number of carbonyl (C=O) groups is 1. The van der Waals surface area contributed by atoms with Crippen molar-refractivity contribution in [2.45, 2.75) is 70.9 Å². The van der Waals surface area contributed by atoms with Gasteiger partial charge in [0.15, 0.2) is 7.14 Å². The number of ether oxygens (including phenoxy) is 3. The Morgan fingerprint density at radius 3 is 2.50 bits per heavy atom. The number of epoxide rings is 1. The zero-order chi connectivity index (χ0) is 22.9. The van der Waals surface area contributed by atoms with E-state index in [0.29, 0.717) is 12.5 Å². The number of benzene rings is 2. The molecule has 4 unspecified atom stereocenters. The van der Waals surface area contributed by atoms with E-state index in [2.05, 4.69) is 51.1 Å². The van der Waals surface area contributed by atoms with Crippen molar-refractivity contribution >= 4 is 5.97 Å². The molecule has 2 aromatic rings. The van der Waals surface area contributed by atoms with Gasteiger partial charge in [0.2, 0.25) is 5.79 Å². The second-order valence-corrected chi connectivity index (χ2v) is 12.4. The summed E-state index contributed by atoms with van der Waals surface area (Å²) in [5, 5.41) is 10.7. The quantitative estimate of drug-likeness (QED) is 0.233. The lowest BCUT2D eigenvalue weighted by Crippen LogP contribution is -3.61. The minimum absolute atomic E-state index is 0.0938. The summed E-state index contributed by atoms with van der Waals surface area (Å²) in [5.74, 6) is -1.30. The number of hydrogen-bond donors (Lipinski definition) is 1. The Morgan fingerprint density at radius 2 is 1.84 bits per heavy atom. The third kappa shape index (κ3) is 5.83. The first-order valence-corrected chi connectivity index (χ1v) is 13.4. The highest BCUT2D eigenvalue weighted by atomic mass is 127. The molecule has 1 heterocycles. The minimum atomic E-state index is -1.48. The number of hydrogen-bond acceptors (Lipinski definition) is 5. The Bertz CT molecular complexity index is 950. The van der Waals surface area contributed by atoms with Crippen LogP contribution in [-0.2, 0) is 14.3 Å². The minimum Gasteiger partial charge on any atom is -0.493 e. The van der Waals surface area contributed by atoms with Gasteiger partial charge in [0, 0.05) is 12.8 Å². The van der Waals surface area contributed by atoms with Crippen LogP contribution in [0.4, 0.5) is 0 Å². The lowest BCUT2D eigenvalue weighted by Gasteiger charge is -2.35. The number of aliphatic hydroxyl groups is 1. The number of aryl methyl sites for hydroxylation is 2. The van der Waals surface area contributed by atoms with Gasteiger partial charge in [-0.15, -0.1) is 0 Å². The largest absolute Gasteiger partial charge is 0.493 e. The van der Waals surface area contributed by atoms with Crippen LogP contribution in [0.3, 0.4) is 0 Å². The van der Waals surface area contributed by atoms with E-state index < -0.39 is 11.8 Å². The molecule has 6 heteroatoms. The maximum atomic E-state index is 12.3. The molecule has 2 aromatic carbocycles. The second kappa shape index (κ2) is 9.31. The molecule has 2 fully saturated rings. The maximum absolute atomic E-state index is 12.3. The number of rotatable bonds is 8. The van der Waals surface area contributed by atoms with Crippen LogP contribution < -0.4 is 25.9 Å². The van der Waals surface area contributed by atoms with Gasteiger partial charge < -0.3 is 19.3 Å². The van der Waals surface area contributed by atoms with Gasteiger partial charge >= 0.3 is 27.2 Å². The number of fused-ring (bicyclic) bond motifs is 1. The van der Waals surface area contributed by atoms with Crippen LogP contribution in [0, 0.1) is 26.9 Å². The van der Waals surface area contributed by atoms with E-state index in [1.807, 2.05) is 12.1 Å². The second-order valence-electron chi connectivity index (χ2n) is 9.38. The molecule has 2 aliphatic rings. The summed E-state index contributed by atoms with van der Waals surface area (Å²) in [4.78, 5) is 12.3. The maximum Gasteiger partial charge on any atom is 0.357 e. The van der Waals surface area contributed by atoms with Gasteiger partial charge in [-0.3, -0.25) is 4.79 Å². The highest BCUT2D eigenvalue weighted by Gasteiger charge is 2.58. The topological polar surface area (TPSA) is 68.3 Å². The van der Waals surface area contributed by atoms with Crippen LogP contribution in [0.5, 0.6) is 5.75 Å². The van der Waals surface area contributed by atoms with E-state index in [1.165, 1.54) is 18.3 Å². The van der Waals surface area contributed by atoms with Gasteiger partial charge in [0.05, 0.1) is 24.7 Å². The molecule has 4 atom stereocenters. The Morgan fingerprint density at radius 1 is 1.16 bits per heavy atom. The van der Waals surface area contributed by atoms with E-state index in [9.17, 15) is 9.90 Å². The van der Waals surface area contributed by atoms with Crippen molar-refractivity contribution < 1.29 is 45.3 Å². The van der Waals surface area contributed by atoms with Gasteiger partial charge in [-0.1, -0.05) is 6.07 Å². The van der Waals surface area contributed by atoms with Crippen LogP contribution in [0.1, 0.15) is 50.7 Å². The van der Waals surface area contributed by atoms with Crippen molar-refractivity contribution in [1.29, 1.82) is 0 Å². The molecule has 32 heavy (non-hydrogen) atoms. The first kappa shape index (κ1) is 23.5. The fourth-order valence-electron chi connectivity index (χ4n) is 4.55. The zero-order valence-corrected chi connectivity index (χ0v) is 21.3. The molecule has 0 bridgehead atoms. The summed E-state index contributed by atoms with van der Waals surface area (Å²) in [6.07, 6.45) is 2.81. The average molecular weight is 551 g/mol. The molecule has 172 valence electrons. The Balaban J connectivity index is 1.22. The van der Waals surface area contributed by atoms with E-state index in [-0.39, 0.29) is 45.8 Å². The molecule has 1 aliphatic carbocycles. The standard InChI is InChI=1S/C26H32IO5/c1-17-13-18(2)15-21(14-17)27-20-6-8-22(9-7-20)30-12-11-24(28)32-26(4,29)19-5-10-23-25(3,16-19)31-23/h6-9,13-15,19,23,29H,5,10-12,16H2,1-4H3/q+1. The van der Waals surface area contributed by atoms with Gasteiger partial charge in [-0.05, 0) is 87.6 Å². The summed E-state index contributed by atoms with van der Waals surface area (Å²) in [5.41, 5.74) is 2.44. The third-order valence-corrected chi connectivity index (χ3v) is 8.92. The average Bonchev–Trinajstić information content (AvgIpc) is 3.39. The fourth-order valence-corrected chi connectivity index (χ4v) is 7.28. The molecule has 0 aromatic heterocycles. The smallest absolute Gasteiger partial charge is 0.357 e. The third-order valence-electron chi connectivity index (χ3n) is 6.34. The monoisotopic (exact) mass is 551 g/mol. The molecule has 1 saturated carbocycles. The van der Waals surface area contributed by atoms with Gasteiger partial charge in [-0.2, -0.15) is 0 Å². The first-order valence-electron chi connectivity index (χ1n) is 11.2. The number of halogens is 1. The van der Waals surface area contributed by atoms with E-state index >= 15 is 0 Å². The highest BCUT2D eigenvalue weighted by Crippen LogP contribution is 2.51. The molecule has 1 aliphatic heterocycles. The van der Waals surface area contributed by atoms with Crippen LogP contribution in [0.25, 0.3) is 0 Å². The molecule has 4 rings (SSSR count). The van der Waals surface area contributed by atoms with Crippen molar-refractivity contribution in [3.8, 4) is 5.75 Å². The summed E-state index contributed by atoms with van der Waals surface area (Å²) in [7, 11) is 0. The van der Waals surface area contributed by atoms with E-state index in [0.717, 1.165) is 18.6 Å². The molecular formula is C26H32IO5+. The molecule has 0 amide bonds. The van der Waals surface area contributed by atoms with Gasteiger partial charge in [0.1, 0.15) is 5.75 Å². The summed E-state index contributed by atoms with van der Waals surface area (Å²) in [6, 6.07) is 14.8. The predicted molar refractivity (Wildman–Crippen MR) is 117 cm³/mol. The molecule has 0 radical (unpaired) electrons. The summed E-state index contributed by atoms with van der Waals surface area (Å²) < 4.78 is 19.6. The fraction of sp³-hybridized carbons (Fsp3) is 0.500. The highest BCUT2D eigenvalue weighted by molar-refractivity contribution is 5.69. The van der Waals surface area contributed by atoms with Crippen LogP contribution >= 0.6 is 0 Å². The Kier molecular flexibility index (Phi) is 6.84. The van der Waals surface area contributed by atoms with Crippen LogP contribution in [0.15, 0.2) is 42.5 Å². The first-order chi connectivity index (χ1) is 15.1. The Hall–Kier alpha value is -1.64. The van der Waals surface area contributed by atoms with Crippen molar-refractivity contribution in [3.05, 3.63) is 60.7 Å². The molecule has 0 spiro atoms.